The van der Waals surface area contributed by atoms with Gasteiger partial charge in [-0.15, -0.1) is 0 Å². The van der Waals surface area contributed by atoms with E-state index >= 15 is 0 Å². The molecule has 0 bridgehead atoms. The molecule has 5 heteroatoms. The number of halogens is 1. The van der Waals surface area contributed by atoms with Crippen molar-refractivity contribution in [2.75, 3.05) is 13.2 Å². The highest BCUT2D eigenvalue weighted by Gasteiger charge is 2.14. The number of hydrogen-bond donors (Lipinski definition) is 2. The first-order valence-corrected chi connectivity index (χ1v) is 6.61. The van der Waals surface area contributed by atoms with Crippen molar-refractivity contribution in [2.24, 2.45) is 5.92 Å². The summed E-state index contributed by atoms with van der Waals surface area (Å²) in [6.45, 7) is 5.58. The fraction of sp³-hybridized carbons (Fsp3) is 0.500. The lowest BCUT2D eigenvalue weighted by Gasteiger charge is -2.19. The van der Waals surface area contributed by atoms with Crippen LogP contribution in [-0.2, 0) is 4.79 Å². The zero-order chi connectivity index (χ0) is 14.4. The number of aliphatic hydroxyl groups excluding tert-OH is 1. The Morgan fingerprint density at radius 3 is 2.79 bits per heavy atom. The molecule has 0 saturated carbocycles. The second-order valence-electron chi connectivity index (χ2n) is 4.74. The first-order valence-electron chi connectivity index (χ1n) is 6.23. The Hall–Kier alpha value is -1.26. The number of benzene rings is 1. The topological polar surface area (TPSA) is 58.6 Å². The minimum absolute atomic E-state index is 0.00603. The predicted molar refractivity (Wildman–Crippen MR) is 75.5 cm³/mol. The van der Waals surface area contributed by atoms with Gasteiger partial charge in [-0.2, -0.15) is 0 Å². The third-order valence-electron chi connectivity index (χ3n) is 2.98. The number of nitrogens with one attached hydrogen (secondary N) is 1. The molecule has 0 heterocycles. The normalized spacial score (nSPS) is 13.7. The average Bonchev–Trinajstić information content (AvgIpc) is 2.38. The lowest BCUT2D eigenvalue weighted by molar-refractivity contribution is -0.124. The van der Waals surface area contributed by atoms with Crippen LogP contribution in [0.15, 0.2) is 18.2 Å². The zero-order valence-corrected chi connectivity index (χ0v) is 12.2. The van der Waals surface area contributed by atoms with Gasteiger partial charge in [0.25, 0.3) is 5.91 Å². The van der Waals surface area contributed by atoms with Gasteiger partial charge in [-0.05, 0) is 37.5 Å². The molecule has 106 valence electrons. The van der Waals surface area contributed by atoms with E-state index in [0.29, 0.717) is 10.8 Å². The maximum atomic E-state index is 11.7. The van der Waals surface area contributed by atoms with Crippen LogP contribution < -0.4 is 10.1 Å². The molecule has 1 rings (SSSR count). The summed E-state index contributed by atoms with van der Waals surface area (Å²) < 4.78 is 5.39. The van der Waals surface area contributed by atoms with Gasteiger partial charge in [0.1, 0.15) is 5.75 Å². The smallest absolute Gasteiger partial charge is 0.258 e. The number of carbonyl (C=O) groups excluding carboxylic acids is 1. The molecule has 0 radical (unpaired) electrons. The summed E-state index contributed by atoms with van der Waals surface area (Å²) in [5.74, 6) is 0.275. The van der Waals surface area contributed by atoms with Crippen LogP contribution in [0.2, 0.25) is 5.02 Å². The Kier molecular flexibility index (Phi) is 6.12. The highest BCUT2D eigenvalue weighted by Crippen LogP contribution is 2.25. The van der Waals surface area contributed by atoms with Crippen LogP contribution in [0.1, 0.15) is 19.4 Å². The van der Waals surface area contributed by atoms with Gasteiger partial charge in [-0.1, -0.05) is 24.6 Å². The van der Waals surface area contributed by atoms with Gasteiger partial charge in [0.2, 0.25) is 0 Å². The summed E-state index contributed by atoms with van der Waals surface area (Å²) >= 11 is 5.97. The lowest BCUT2D eigenvalue weighted by atomic mass is 10.1. The summed E-state index contributed by atoms with van der Waals surface area (Å²) in [4.78, 5) is 11.7. The summed E-state index contributed by atoms with van der Waals surface area (Å²) in [6, 6.07) is 5.30. The van der Waals surface area contributed by atoms with E-state index in [2.05, 4.69) is 5.32 Å². The van der Waals surface area contributed by atoms with Crippen molar-refractivity contribution in [2.45, 2.75) is 26.8 Å². The first-order chi connectivity index (χ1) is 8.93. The van der Waals surface area contributed by atoms with Crippen molar-refractivity contribution < 1.29 is 14.6 Å². The van der Waals surface area contributed by atoms with Gasteiger partial charge in [0.15, 0.2) is 6.61 Å². The summed E-state index contributed by atoms with van der Waals surface area (Å²) in [6.07, 6.45) is 0. The Labute approximate surface area is 118 Å². The number of ether oxygens (including phenoxy) is 1. The highest BCUT2D eigenvalue weighted by atomic mass is 35.5. The number of amides is 1. The minimum atomic E-state index is -0.231. The molecule has 2 atom stereocenters. The largest absolute Gasteiger partial charge is 0.482 e. The summed E-state index contributed by atoms with van der Waals surface area (Å²) in [5, 5.41) is 12.2. The fourth-order valence-corrected chi connectivity index (χ4v) is 1.63. The standard InChI is InChI=1S/C14H20ClNO3/c1-9-4-5-12(15)13(6-9)19-8-14(18)16-11(3)10(2)7-17/h4-6,10-11,17H,7-8H2,1-3H3,(H,16,18). The molecule has 0 saturated heterocycles. The van der Waals surface area contributed by atoms with E-state index in [1.165, 1.54) is 0 Å². The molecule has 2 unspecified atom stereocenters. The number of rotatable bonds is 6. The molecule has 1 aromatic rings. The van der Waals surface area contributed by atoms with Crippen LogP contribution in [0.5, 0.6) is 5.75 Å². The minimum Gasteiger partial charge on any atom is -0.482 e. The third kappa shape index (κ3) is 5.09. The molecule has 0 aromatic heterocycles. The molecule has 0 fully saturated rings. The van der Waals surface area contributed by atoms with Gasteiger partial charge in [0.05, 0.1) is 5.02 Å². The Morgan fingerprint density at radius 1 is 1.47 bits per heavy atom. The number of carbonyl (C=O) groups is 1. The van der Waals surface area contributed by atoms with E-state index in [1.54, 1.807) is 12.1 Å². The zero-order valence-electron chi connectivity index (χ0n) is 11.4. The van der Waals surface area contributed by atoms with Crippen LogP contribution in [0.25, 0.3) is 0 Å². The lowest BCUT2D eigenvalue weighted by Crippen LogP contribution is -2.40. The number of aliphatic hydroxyl groups is 1. The number of hydrogen-bond acceptors (Lipinski definition) is 3. The molecular formula is C14H20ClNO3. The molecule has 2 N–H and O–H groups in total. The van der Waals surface area contributed by atoms with Gasteiger partial charge >= 0.3 is 0 Å². The van der Waals surface area contributed by atoms with Gasteiger partial charge in [0, 0.05) is 12.6 Å². The quantitative estimate of drug-likeness (QED) is 0.842. The van der Waals surface area contributed by atoms with Crippen molar-refractivity contribution in [3.63, 3.8) is 0 Å². The second-order valence-corrected chi connectivity index (χ2v) is 5.15. The molecule has 0 aliphatic carbocycles. The Morgan fingerprint density at radius 2 is 2.16 bits per heavy atom. The van der Waals surface area contributed by atoms with Crippen molar-refractivity contribution in [3.8, 4) is 5.75 Å². The molecule has 0 aliphatic rings. The molecule has 0 aliphatic heterocycles. The number of aryl methyl sites for hydroxylation is 1. The summed E-state index contributed by atoms with van der Waals surface area (Å²) in [7, 11) is 0. The van der Waals surface area contributed by atoms with E-state index in [-0.39, 0.29) is 31.1 Å². The van der Waals surface area contributed by atoms with Crippen molar-refractivity contribution in [1.82, 2.24) is 5.32 Å². The maximum absolute atomic E-state index is 11.7. The predicted octanol–water partition coefficient (Wildman–Crippen LogP) is 2.16. The van der Waals surface area contributed by atoms with E-state index in [1.807, 2.05) is 26.8 Å². The molecule has 4 nitrogen and oxygen atoms in total. The van der Waals surface area contributed by atoms with Gasteiger partial charge < -0.3 is 15.2 Å². The molecule has 1 aromatic carbocycles. The summed E-state index contributed by atoms with van der Waals surface area (Å²) in [5.41, 5.74) is 1.02. The van der Waals surface area contributed by atoms with Crippen molar-refractivity contribution in [3.05, 3.63) is 28.8 Å². The SMILES string of the molecule is Cc1ccc(Cl)c(OCC(=O)NC(C)C(C)CO)c1. The highest BCUT2D eigenvalue weighted by molar-refractivity contribution is 6.32. The average molecular weight is 286 g/mol. The van der Waals surface area contributed by atoms with Crippen molar-refractivity contribution >= 4 is 17.5 Å². The first kappa shape index (κ1) is 15.8. The molecule has 19 heavy (non-hydrogen) atoms. The maximum Gasteiger partial charge on any atom is 0.258 e. The van der Waals surface area contributed by atoms with E-state index in [0.717, 1.165) is 5.56 Å². The second kappa shape index (κ2) is 7.36. The monoisotopic (exact) mass is 285 g/mol. The van der Waals surface area contributed by atoms with E-state index in [4.69, 9.17) is 21.4 Å². The van der Waals surface area contributed by atoms with Crippen molar-refractivity contribution in [1.29, 1.82) is 0 Å². The Bertz CT molecular complexity index is 437. The van der Waals surface area contributed by atoms with Crippen LogP contribution in [-0.4, -0.2) is 30.3 Å². The van der Waals surface area contributed by atoms with Crippen LogP contribution >= 0.6 is 11.6 Å². The van der Waals surface area contributed by atoms with Crippen LogP contribution in [0.3, 0.4) is 0 Å². The molecule has 1 amide bonds. The molecule has 0 spiro atoms. The fourth-order valence-electron chi connectivity index (χ4n) is 1.46. The van der Waals surface area contributed by atoms with Crippen LogP contribution in [0, 0.1) is 12.8 Å². The third-order valence-corrected chi connectivity index (χ3v) is 3.29. The van der Waals surface area contributed by atoms with Crippen LogP contribution in [0.4, 0.5) is 0 Å². The van der Waals surface area contributed by atoms with Gasteiger partial charge in [-0.3, -0.25) is 4.79 Å². The molecular weight excluding hydrogens is 266 g/mol. The Balaban J connectivity index is 2.48. The van der Waals surface area contributed by atoms with E-state index < -0.39 is 0 Å². The van der Waals surface area contributed by atoms with Gasteiger partial charge in [-0.25, -0.2) is 0 Å². The van der Waals surface area contributed by atoms with E-state index in [9.17, 15) is 4.79 Å².